The first-order valence-corrected chi connectivity index (χ1v) is 28.6. The van der Waals surface area contributed by atoms with E-state index in [-0.39, 0.29) is 5.41 Å². The van der Waals surface area contributed by atoms with Crippen molar-refractivity contribution in [2.75, 3.05) is 59.5 Å². The van der Waals surface area contributed by atoms with Gasteiger partial charge in [0.15, 0.2) is 0 Å². The van der Waals surface area contributed by atoms with Crippen LogP contribution in [0, 0.1) is 104 Å². The van der Waals surface area contributed by atoms with E-state index in [9.17, 15) is 0 Å². The van der Waals surface area contributed by atoms with Crippen LogP contribution in [-0.2, 0) is 18.9 Å². The quantitative estimate of drug-likeness (QED) is 0.211. The van der Waals surface area contributed by atoms with Crippen molar-refractivity contribution in [1.82, 2.24) is 5.32 Å². The molecule has 4 heterocycles. The number of nitrogens with one attached hydrogen (secondary N) is 1. The minimum absolute atomic E-state index is 0.234. The first kappa shape index (κ1) is 63.8. The molecule has 0 radical (unpaired) electrons. The third kappa shape index (κ3) is 16.4. The maximum absolute atomic E-state index is 5.43. The van der Waals surface area contributed by atoms with Crippen LogP contribution in [0.4, 0.5) is 0 Å². The predicted octanol–water partition coefficient (Wildman–Crippen LogP) is 17.3. The van der Waals surface area contributed by atoms with E-state index in [2.05, 4.69) is 171 Å². The molecule has 1 N–H and O–H groups in total. The molecule has 6 fully saturated rings. The summed E-state index contributed by atoms with van der Waals surface area (Å²) in [6.45, 7) is 64.5. The molecule has 0 bridgehead atoms. The highest BCUT2D eigenvalue weighted by Gasteiger charge is 2.48. The fourth-order valence-electron chi connectivity index (χ4n) is 13.5. The normalized spacial score (nSPS) is 23.5. The van der Waals surface area contributed by atoms with Gasteiger partial charge in [0.05, 0.1) is 26.4 Å². The second-order valence-electron chi connectivity index (χ2n) is 26.7. The minimum atomic E-state index is 0.234. The highest BCUT2D eigenvalue weighted by atomic mass is 16.7. The summed E-state index contributed by atoms with van der Waals surface area (Å²) < 4.78 is 21.5. The van der Waals surface area contributed by atoms with E-state index in [1.54, 1.807) is 0 Å². The zero-order chi connectivity index (χ0) is 50.9. The van der Waals surface area contributed by atoms with E-state index >= 15 is 0 Å². The fraction of sp³-hybridized carbons (Fsp3) is 1.00. The fourth-order valence-corrected chi connectivity index (χ4v) is 13.5. The van der Waals surface area contributed by atoms with Crippen LogP contribution in [0.1, 0.15) is 230 Å². The molecule has 0 amide bonds. The van der Waals surface area contributed by atoms with Crippen LogP contribution in [0.25, 0.3) is 0 Å². The van der Waals surface area contributed by atoms with E-state index in [0.717, 1.165) is 104 Å². The second-order valence-corrected chi connectivity index (χ2v) is 26.7. The smallest absolute Gasteiger partial charge is 0.146 e. The first-order chi connectivity index (χ1) is 30.6. The van der Waals surface area contributed by atoms with Gasteiger partial charge in [-0.1, -0.05) is 185 Å². The van der Waals surface area contributed by atoms with Crippen LogP contribution in [0.5, 0.6) is 0 Å². The Morgan fingerprint density at radius 3 is 0.727 bits per heavy atom. The number of hydrogen-bond acceptors (Lipinski definition) is 5. The van der Waals surface area contributed by atoms with E-state index < -0.39 is 0 Å². The summed E-state index contributed by atoms with van der Waals surface area (Å²) >= 11 is 0. The van der Waals surface area contributed by atoms with Gasteiger partial charge >= 0.3 is 0 Å². The average Bonchev–Trinajstić information content (AvgIpc) is 3.91. The summed E-state index contributed by atoms with van der Waals surface area (Å²) in [5.74, 6) is 9.54. The summed E-state index contributed by atoms with van der Waals surface area (Å²) in [7, 11) is 0. The van der Waals surface area contributed by atoms with E-state index in [0.29, 0.717) is 40.3 Å². The zero-order valence-electron chi connectivity index (χ0n) is 49.5. The van der Waals surface area contributed by atoms with Gasteiger partial charge in [-0.25, -0.2) is 0 Å². The molecule has 4 aliphatic heterocycles. The Morgan fingerprint density at radius 2 is 0.561 bits per heavy atom. The summed E-state index contributed by atoms with van der Waals surface area (Å²) in [5, 5.41) is 3.48. The molecular weight excluding hydrogens is 811 g/mol. The molecule has 0 atom stereocenters. The molecule has 5 nitrogen and oxygen atoms in total. The lowest BCUT2D eigenvalue weighted by atomic mass is 9.61. The Morgan fingerprint density at radius 1 is 0.273 bits per heavy atom. The largest absolute Gasteiger partial charge is 0.381 e. The van der Waals surface area contributed by atoms with Crippen molar-refractivity contribution >= 4 is 0 Å². The van der Waals surface area contributed by atoms with Crippen LogP contribution < -0.4 is 5.32 Å². The van der Waals surface area contributed by atoms with Crippen LogP contribution >= 0.6 is 0 Å². The third-order valence-electron chi connectivity index (χ3n) is 20.7. The summed E-state index contributed by atoms with van der Waals surface area (Å²) in [6, 6.07) is 0. The van der Waals surface area contributed by atoms with Gasteiger partial charge in [0, 0.05) is 30.6 Å². The van der Waals surface area contributed by atoms with E-state index in [1.165, 1.54) is 77.3 Å². The summed E-state index contributed by atoms with van der Waals surface area (Å²) in [6.07, 6.45) is 14.2. The van der Waals surface area contributed by atoms with Crippen LogP contribution in [0.3, 0.4) is 0 Å². The maximum atomic E-state index is 5.43. The van der Waals surface area contributed by atoms with Crippen LogP contribution in [0.2, 0.25) is 0 Å². The van der Waals surface area contributed by atoms with Crippen molar-refractivity contribution in [1.29, 1.82) is 0 Å². The van der Waals surface area contributed by atoms with Crippen molar-refractivity contribution in [2.45, 2.75) is 230 Å². The molecule has 66 heavy (non-hydrogen) atoms. The lowest BCUT2D eigenvalue weighted by Gasteiger charge is -2.48. The molecule has 5 heteroatoms. The Balaban J connectivity index is 0.000000397. The van der Waals surface area contributed by atoms with Gasteiger partial charge in [-0.3, -0.25) is 0 Å². The first-order valence-electron chi connectivity index (χ1n) is 28.6. The maximum Gasteiger partial charge on any atom is 0.146 e. The van der Waals surface area contributed by atoms with Gasteiger partial charge < -0.3 is 24.3 Å². The molecule has 0 aromatic carbocycles. The molecule has 0 aromatic rings. The molecule has 0 unspecified atom stereocenters. The lowest BCUT2D eigenvalue weighted by Crippen LogP contribution is -2.50. The molecule has 0 spiro atoms. The standard InChI is InChI=1S/C12H24.C11H22O.C10H21N.C10H20O2.C9H18O.C9H18/c1-10(2)12(11(3)4)8-6-5-7-9-12;1-9(2)11(10(3)4)5-7-12-8-6-11;1-8(2)10(9(3)4)5-6-11-7-10;1-8(2)10(9(3)4)5-11-7-12-6-10;1-7(2)9(8(3)4)5-10-6-9;1-7(2)9(5-6-9)8(3)4/h10-11H,5-9H2,1-4H3;9-10H,5-8H2,1-4H3;8-9,11H,5-7H2,1-4H3;8-9H,5-7H2,1-4H3;7-8H,5-6H2,1-4H3;7-8H,5-6H2,1-4H3. The predicted molar refractivity (Wildman–Crippen MR) is 290 cm³/mol. The van der Waals surface area contributed by atoms with Crippen LogP contribution in [0.15, 0.2) is 0 Å². The van der Waals surface area contributed by atoms with Crippen molar-refractivity contribution in [3.63, 3.8) is 0 Å². The van der Waals surface area contributed by atoms with Crippen molar-refractivity contribution in [3.05, 3.63) is 0 Å². The molecule has 396 valence electrons. The van der Waals surface area contributed by atoms with Gasteiger partial charge in [0.25, 0.3) is 0 Å². The molecule has 2 saturated carbocycles. The molecular formula is C61H123NO4. The lowest BCUT2D eigenvalue weighted by molar-refractivity contribution is -0.192. The SMILES string of the molecule is CC(C)C1(C(C)C)CC1.CC(C)C1(C(C)C)CCCCC1.CC(C)C1(C(C)C)CCNC1.CC(C)C1(C(C)C)CCOCC1.CC(C)C1(C(C)C)COC1.CC(C)C1(C(C)C)COCOC1. The Hall–Kier alpha value is -0.200. The van der Waals surface area contributed by atoms with Crippen LogP contribution in [-0.4, -0.2) is 59.5 Å². The molecule has 0 aromatic heterocycles. The molecule has 6 aliphatic rings. The van der Waals surface area contributed by atoms with Gasteiger partial charge in [-0.15, -0.1) is 0 Å². The van der Waals surface area contributed by atoms with Crippen molar-refractivity contribution < 1.29 is 18.9 Å². The topological polar surface area (TPSA) is 49.0 Å². The summed E-state index contributed by atoms with van der Waals surface area (Å²) in [4.78, 5) is 0. The molecule has 4 saturated heterocycles. The Kier molecular flexibility index (Phi) is 27.8. The van der Waals surface area contributed by atoms with Gasteiger partial charge in [0.1, 0.15) is 6.79 Å². The Bertz CT molecular complexity index is 1080. The number of hydrogen-bond donors (Lipinski definition) is 1. The minimum Gasteiger partial charge on any atom is -0.381 e. The number of ether oxygens (including phenoxy) is 4. The highest BCUT2D eigenvalue weighted by Crippen LogP contribution is 2.57. The highest BCUT2D eigenvalue weighted by molar-refractivity contribution is 4.97. The Labute approximate surface area is 416 Å². The zero-order valence-corrected chi connectivity index (χ0v) is 49.5. The molecule has 6 rings (SSSR count). The second kappa shape index (κ2) is 28.7. The van der Waals surface area contributed by atoms with Gasteiger partial charge in [-0.2, -0.15) is 0 Å². The molecule has 2 aliphatic carbocycles. The van der Waals surface area contributed by atoms with Crippen molar-refractivity contribution in [2.24, 2.45) is 104 Å². The van der Waals surface area contributed by atoms with E-state index in [1.807, 2.05) is 0 Å². The van der Waals surface area contributed by atoms with Crippen molar-refractivity contribution in [3.8, 4) is 0 Å². The monoisotopic (exact) mass is 934 g/mol. The summed E-state index contributed by atoms with van der Waals surface area (Å²) in [5.41, 5.74) is 3.30. The number of rotatable bonds is 12. The van der Waals surface area contributed by atoms with Gasteiger partial charge in [-0.05, 0) is 144 Å². The van der Waals surface area contributed by atoms with E-state index in [4.69, 9.17) is 18.9 Å². The third-order valence-corrected chi connectivity index (χ3v) is 20.7. The average molecular weight is 935 g/mol. The van der Waals surface area contributed by atoms with Gasteiger partial charge in [0.2, 0.25) is 0 Å².